The third kappa shape index (κ3) is 3.43. The second-order valence-corrected chi connectivity index (χ2v) is 4.13. The fourth-order valence-corrected chi connectivity index (χ4v) is 1.72. The van der Waals surface area contributed by atoms with Crippen molar-refractivity contribution in [3.63, 3.8) is 0 Å². The van der Waals surface area contributed by atoms with E-state index in [1.54, 1.807) is 4.68 Å². The minimum Gasteiger partial charge on any atom is -0.493 e. The summed E-state index contributed by atoms with van der Waals surface area (Å²) in [4.78, 5) is 0. The number of hydrogen-bond donors (Lipinski definition) is 1. The van der Waals surface area contributed by atoms with Gasteiger partial charge in [-0.3, -0.25) is 0 Å². The first-order valence-corrected chi connectivity index (χ1v) is 6.55. The summed E-state index contributed by atoms with van der Waals surface area (Å²) in [5.41, 5.74) is 1.10. The molecule has 0 aliphatic heterocycles. The van der Waals surface area contributed by atoms with Gasteiger partial charge in [-0.05, 0) is 29.8 Å². The van der Waals surface area contributed by atoms with Gasteiger partial charge in [0.05, 0.1) is 6.61 Å². The molecule has 0 saturated carbocycles. The molecule has 0 aliphatic rings. The van der Waals surface area contributed by atoms with E-state index in [1.165, 1.54) is 0 Å². The van der Waals surface area contributed by atoms with Crippen LogP contribution in [0, 0.1) is 0 Å². The summed E-state index contributed by atoms with van der Waals surface area (Å²) in [5.74, 6) is 1.58. The Balaban J connectivity index is 2.02. The maximum atomic E-state index is 5.71. The van der Waals surface area contributed by atoms with Crippen molar-refractivity contribution in [3.8, 4) is 5.75 Å². The maximum absolute atomic E-state index is 5.71. The second-order valence-electron chi connectivity index (χ2n) is 4.13. The van der Waals surface area contributed by atoms with E-state index in [0.29, 0.717) is 12.5 Å². The largest absolute Gasteiger partial charge is 0.493 e. The van der Waals surface area contributed by atoms with E-state index in [9.17, 15) is 0 Å². The van der Waals surface area contributed by atoms with Crippen molar-refractivity contribution in [1.82, 2.24) is 20.2 Å². The fraction of sp³-hybridized carbons (Fsp3) is 0.462. The van der Waals surface area contributed by atoms with Crippen molar-refractivity contribution in [2.45, 2.75) is 33.4 Å². The van der Waals surface area contributed by atoms with Gasteiger partial charge in [-0.1, -0.05) is 30.2 Å². The Morgan fingerprint density at radius 1 is 1.26 bits per heavy atom. The molecular weight excluding hydrogens is 242 g/mol. The number of tetrazole rings is 1. The first-order valence-electron chi connectivity index (χ1n) is 6.55. The van der Waals surface area contributed by atoms with Crippen LogP contribution in [0.5, 0.6) is 5.75 Å². The van der Waals surface area contributed by atoms with Gasteiger partial charge < -0.3 is 10.1 Å². The third-order valence-corrected chi connectivity index (χ3v) is 2.70. The molecule has 0 bridgehead atoms. The van der Waals surface area contributed by atoms with Gasteiger partial charge in [0, 0.05) is 18.7 Å². The number of rotatable bonds is 7. The summed E-state index contributed by atoms with van der Waals surface area (Å²) >= 11 is 0. The Kier molecular flexibility index (Phi) is 4.72. The Bertz CT molecular complexity index is 511. The van der Waals surface area contributed by atoms with E-state index in [1.807, 2.05) is 31.2 Å². The highest BCUT2D eigenvalue weighted by Gasteiger charge is 2.06. The number of aromatic nitrogens is 4. The van der Waals surface area contributed by atoms with Crippen LogP contribution in [0.3, 0.4) is 0 Å². The van der Waals surface area contributed by atoms with Gasteiger partial charge in [0.25, 0.3) is 0 Å². The van der Waals surface area contributed by atoms with Crippen molar-refractivity contribution < 1.29 is 4.74 Å². The lowest BCUT2D eigenvalue weighted by Crippen LogP contribution is -2.09. The molecule has 1 heterocycles. The van der Waals surface area contributed by atoms with Crippen LogP contribution in [-0.2, 0) is 13.1 Å². The van der Waals surface area contributed by atoms with Gasteiger partial charge in [0.1, 0.15) is 5.75 Å². The Morgan fingerprint density at radius 2 is 2.11 bits per heavy atom. The van der Waals surface area contributed by atoms with Gasteiger partial charge in [-0.25, -0.2) is 4.68 Å². The van der Waals surface area contributed by atoms with E-state index >= 15 is 0 Å². The molecule has 0 spiro atoms. The number of benzene rings is 1. The van der Waals surface area contributed by atoms with Gasteiger partial charge in [-0.15, -0.1) is 0 Å². The van der Waals surface area contributed by atoms with Gasteiger partial charge in [0.15, 0.2) is 0 Å². The Morgan fingerprint density at radius 3 is 2.89 bits per heavy atom. The van der Waals surface area contributed by atoms with Crippen LogP contribution in [0.4, 0.5) is 5.95 Å². The molecule has 6 nitrogen and oxygen atoms in total. The molecule has 2 rings (SSSR count). The highest BCUT2D eigenvalue weighted by Crippen LogP contribution is 2.19. The number of aryl methyl sites for hydroxylation is 1. The molecule has 1 aromatic heterocycles. The normalized spacial score (nSPS) is 10.4. The monoisotopic (exact) mass is 261 g/mol. The smallest absolute Gasteiger partial charge is 0.243 e. The van der Waals surface area contributed by atoms with Crippen molar-refractivity contribution >= 4 is 5.95 Å². The molecule has 0 unspecified atom stereocenters. The number of hydrogen-bond acceptors (Lipinski definition) is 5. The second kappa shape index (κ2) is 6.72. The lowest BCUT2D eigenvalue weighted by atomic mass is 10.2. The van der Waals surface area contributed by atoms with E-state index in [0.717, 1.165) is 30.9 Å². The zero-order valence-corrected chi connectivity index (χ0v) is 11.3. The van der Waals surface area contributed by atoms with Gasteiger partial charge in [-0.2, -0.15) is 0 Å². The molecule has 0 radical (unpaired) electrons. The molecule has 6 heteroatoms. The summed E-state index contributed by atoms with van der Waals surface area (Å²) in [7, 11) is 0. The fourth-order valence-electron chi connectivity index (χ4n) is 1.72. The molecule has 0 aliphatic carbocycles. The van der Waals surface area contributed by atoms with Crippen LogP contribution in [-0.4, -0.2) is 26.8 Å². The summed E-state index contributed by atoms with van der Waals surface area (Å²) in [6, 6.07) is 8.00. The molecule has 2 aromatic rings. The molecule has 0 saturated heterocycles. The molecule has 102 valence electrons. The summed E-state index contributed by atoms with van der Waals surface area (Å²) in [6.07, 6.45) is 0.996. The van der Waals surface area contributed by atoms with Crippen LogP contribution in [0.2, 0.25) is 0 Å². The zero-order chi connectivity index (χ0) is 13.5. The average Bonchev–Trinajstić information content (AvgIpc) is 2.91. The number of nitrogens with one attached hydrogen (secondary N) is 1. The number of nitrogens with zero attached hydrogens (tertiary/aromatic N) is 4. The van der Waals surface area contributed by atoms with E-state index in [4.69, 9.17) is 4.74 Å². The van der Waals surface area contributed by atoms with Crippen LogP contribution in [0.25, 0.3) is 0 Å². The van der Waals surface area contributed by atoms with E-state index in [-0.39, 0.29) is 0 Å². The van der Waals surface area contributed by atoms with Gasteiger partial charge >= 0.3 is 0 Å². The topological polar surface area (TPSA) is 64.9 Å². The first kappa shape index (κ1) is 13.3. The number of ether oxygens (including phenoxy) is 1. The lowest BCUT2D eigenvalue weighted by Gasteiger charge is -2.11. The predicted octanol–water partition coefficient (Wildman–Crippen LogP) is 2.09. The summed E-state index contributed by atoms with van der Waals surface area (Å²) in [6.45, 7) is 6.20. The van der Waals surface area contributed by atoms with E-state index < -0.39 is 0 Å². The lowest BCUT2D eigenvalue weighted by molar-refractivity contribution is 0.314. The highest BCUT2D eigenvalue weighted by molar-refractivity contribution is 5.36. The van der Waals surface area contributed by atoms with Crippen molar-refractivity contribution in [3.05, 3.63) is 29.8 Å². The zero-order valence-electron chi connectivity index (χ0n) is 11.3. The molecule has 1 aromatic carbocycles. The minimum absolute atomic E-state index is 0.639. The number of anilines is 1. The van der Waals surface area contributed by atoms with Crippen molar-refractivity contribution in [1.29, 1.82) is 0 Å². The quantitative estimate of drug-likeness (QED) is 0.826. The maximum Gasteiger partial charge on any atom is 0.243 e. The van der Waals surface area contributed by atoms with Crippen molar-refractivity contribution in [2.75, 3.05) is 11.9 Å². The highest BCUT2D eigenvalue weighted by atomic mass is 16.5. The molecule has 0 fully saturated rings. The third-order valence-electron chi connectivity index (χ3n) is 2.70. The Labute approximate surface area is 112 Å². The van der Waals surface area contributed by atoms with Crippen LogP contribution in [0.15, 0.2) is 24.3 Å². The SMILES string of the molecule is CCCOc1ccccc1CNc1nnnn1CC. The van der Waals surface area contributed by atoms with Crippen LogP contribution in [0.1, 0.15) is 25.8 Å². The molecule has 0 atom stereocenters. The first-order chi connectivity index (χ1) is 9.35. The average molecular weight is 261 g/mol. The van der Waals surface area contributed by atoms with Crippen LogP contribution < -0.4 is 10.1 Å². The standard InChI is InChI=1S/C13H19N5O/c1-3-9-19-12-8-6-5-7-11(12)10-14-13-15-16-17-18(13)4-2/h5-8H,3-4,9-10H2,1-2H3,(H,14,15,17). The number of para-hydroxylation sites is 1. The molecular formula is C13H19N5O. The van der Waals surface area contributed by atoms with Crippen LogP contribution >= 0.6 is 0 Å². The summed E-state index contributed by atoms with van der Waals surface area (Å²) in [5, 5.41) is 14.7. The predicted molar refractivity (Wildman–Crippen MR) is 73.0 cm³/mol. The molecule has 1 N–H and O–H groups in total. The van der Waals surface area contributed by atoms with Gasteiger partial charge in [0.2, 0.25) is 5.95 Å². The molecule has 19 heavy (non-hydrogen) atoms. The van der Waals surface area contributed by atoms with E-state index in [2.05, 4.69) is 27.8 Å². The minimum atomic E-state index is 0.639. The molecule has 0 amide bonds. The summed E-state index contributed by atoms with van der Waals surface area (Å²) < 4.78 is 7.43. The Hall–Kier alpha value is -2.11. The van der Waals surface area contributed by atoms with Crippen molar-refractivity contribution in [2.24, 2.45) is 0 Å².